The Kier molecular flexibility index (Phi) is 2.96. The van der Waals surface area contributed by atoms with Gasteiger partial charge in [0.2, 0.25) is 0 Å². The molecule has 1 aromatic carbocycles. The molecule has 4 N–H and O–H groups in total. The van der Waals surface area contributed by atoms with Gasteiger partial charge in [-0.15, -0.1) is 0 Å². The molecule has 0 saturated heterocycles. The lowest BCUT2D eigenvalue weighted by atomic mass is 10.1. The average Bonchev–Trinajstić information content (AvgIpc) is 2.16. The number of nitrogen functional groups attached to an aromatic ring is 2. The maximum atomic E-state index is 5.95. The first kappa shape index (κ1) is 10.8. The van der Waals surface area contributed by atoms with Gasteiger partial charge in [-0.25, -0.2) is 0 Å². The summed E-state index contributed by atoms with van der Waals surface area (Å²) >= 11 is 5.95. The van der Waals surface area contributed by atoms with Gasteiger partial charge in [0.1, 0.15) is 10.7 Å². The zero-order valence-corrected chi connectivity index (χ0v) is 9.11. The summed E-state index contributed by atoms with van der Waals surface area (Å²) in [4.78, 5) is 0. The monoisotopic (exact) mass is 216 g/mol. The zero-order valence-electron chi connectivity index (χ0n) is 8.35. The summed E-state index contributed by atoms with van der Waals surface area (Å²) in [6, 6.07) is 0. The summed E-state index contributed by atoms with van der Waals surface area (Å²) in [7, 11) is 3.00. The van der Waals surface area contributed by atoms with Gasteiger partial charge in [0, 0.05) is 5.56 Å². The van der Waals surface area contributed by atoms with Crippen LogP contribution in [0.4, 0.5) is 11.4 Å². The number of hydrogen-bond acceptors (Lipinski definition) is 4. The summed E-state index contributed by atoms with van der Waals surface area (Å²) in [5.74, 6) is 0.857. The summed E-state index contributed by atoms with van der Waals surface area (Å²) in [6.07, 6.45) is 0. The molecule has 14 heavy (non-hydrogen) atoms. The molecule has 0 radical (unpaired) electrons. The Labute approximate surface area is 87.7 Å². The summed E-state index contributed by atoms with van der Waals surface area (Å²) < 4.78 is 10.1. The maximum Gasteiger partial charge on any atom is 0.166 e. The number of rotatable bonds is 2. The third-order valence-corrected chi connectivity index (χ3v) is 2.45. The lowest BCUT2D eigenvalue weighted by Crippen LogP contribution is -2.03. The van der Waals surface area contributed by atoms with E-state index in [-0.39, 0.29) is 0 Å². The van der Waals surface area contributed by atoms with E-state index in [9.17, 15) is 0 Å². The number of methoxy groups -OCH3 is 2. The number of benzene rings is 1. The lowest BCUT2D eigenvalue weighted by molar-refractivity contribution is 0.397. The van der Waals surface area contributed by atoms with Crippen LogP contribution < -0.4 is 20.9 Å². The number of hydrogen-bond donors (Lipinski definition) is 2. The first-order valence-corrected chi connectivity index (χ1v) is 4.37. The largest absolute Gasteiger partial charge is 0.494 e. The SMILES string of the molecule is COc1c(C)c(N)c(Cl)c(OC)c1N. The van der Waals surface area contributed by atoms with E-state index < -0.39 is 0 Å². The fraction of sp³-hybridized carbons (Fsp3) is 0.333. The molecule has 0 atom stereocenters. The van der Waals surface area contributed by atoms with Crippen LogP contribution in [0.5, 0.6) is 11.5 Å². The van der Waals surface area contributed by atoms with Crippen molar-refractivity contribution in [3.8, 4) is 11.5 Å². The van der Waals surface area contributed by atoms with Crippen LogP contribution in [-0.2, 0) is 0 Å². The van der Waals surface area contributed by atoms with Crippen molar-refractivity contribution in [3.63, 3.8) is 0 Å². The summed E-state index contributed by atoms with van der Waals surface area (Å²) in [5, 5.41) is 0.323. The average molecular weight is 217 g/mol. The maximum absolute atomic E-state index is 5.95. The van der Waals surface area contributed by atoms with E-state index in [2.05, 4.69) is 0 Å². The second-order valence-corrected chi connectivity index (χ2v) is 3.21. The lowest BCUT2D eigenvalue weighted by Gasteiger charge is -2.16. The van der Waals surface area contributed by atoms with Crippen LogP contribution in [0.25, 0.3) is 0 Å². The predicted molar refractivity (Wildman–Crippen MR) is 58.1 cm³/mol. The molecular formula is C9H13ClN2O2. The topological polar surface area (TPSA) is 70.5 Å². The van der Waals surface area contributed by atoms with Crippen molar-refractivity contribution in [3.05, 3.63) is 10.6 Å². The van der Waals surface area contributed by atoms with Crippen LogP contribution in [0.15, 0.2) is 0 Å². The summed E-state index contributed by atoms with van der Waals surface area (Å²) in [6.45, 7) is 1.79. The molecule has 78 valence electrons. The predicted octanol–water partition coefficient (Wildman–Crippen LogP) is 1.83. The smallest absolute Gasteiger partial charge is 0.166 e. The van der Waals surface area contributed by atoms with Crippen LogP contribution in [-0.4, -0.2) is 14.2 Å². The molecule has 0 bridgehead atoms. The van der Waals surface area contributed by atoms with Gasteiger partial charge in [0.05, 0.1) is 19.9 Å². The van der Waals surface area contributed by atoms with Gasteiger partial charge in [-0.1, -0.05) is 11.6 Å². The highest BCUT2D eigenvalue weighted by atomic mass is 35.5. The number of anilines is 2. The minimum atomic E-state index is 0.323. The normalized spacial score (nSPS) is 10.0. The van der Waals surface area contributed by atoms with Crippen molar-refractivity contribution in [1.82, 2.24) is 0 Å². The van der Waals surface area contributed by atoms with Gasteiger partial charge in [-0.3, -0.25) is 0 Å². The molecule has 0 saturated carbocycles. The van der Waals surface area contributed by atoms with E-state index in [0.29, 0.717) is 27.9 Å². The van der Waals surface area contributed by atoms with Crippen LogP contribution >= 0.6 is 11.6 Å². The van der Waals surface area contributed by atoms with Crippen molar-refractivity contribution in [2.75, 3.05) is 25.7 Å². The fourth-order valence-corrected chi connectivity index (χ4v) is 1.62. The molecule has 4 nitrogen and oxygen atoms in total. The van der Waals surface area contributed by atoms with Gasteiger partial charge in [-0.2, -0.15) is 0 Å². The first-order chi connectivity index (χ1) is 6.54. The molecule has 0 amide bonds. The molecule has 1 aromatic rings. The van der Waals surface area contributed by atoms with Gasteiger partial charge in [0.25, 0.3) is 0 Å². The van der Waals surface area contributed by atoms with Crippen LogP contribution in [0.3, 0.4) is 0 Å². The molecule has 1 rings (SSSR count). The highest BCUT2D eigenvalue weighted by molar-refractivity contribution is 6.35. The van der Waals surface area contributed by atoms with Crippen molar-refractivity contribution in [1.29, 1.82) is 0 Å². The Hall–Kier alpha value is -1.29. The van der Waals surface area contributed by atoms with Gasteiger partial charge in [0.15, 0.2) is 11.5 Å². The Morgan fingerprint density at radius 2 is 1.50 bits per heavy atom. The van der Waals surface area contributed by atoms with Crippen LogP contribution in [0.2, 0.25) is 5.02 Å². The highest BCUT2D eigenvalue weighted by Crippen LogP contribution is 2.45. The minimum absolute atomic E-state index is 0.323. The molecule has 0 aliphatic rings. The molecule has 0 aliphatic carbocycles. The molecule has 0 fully saturated rings. The third kappa shape index (κ3) is 1.42. The first-order valence-electron chi connectivity index (χ1n) is 3.99. The number of nitrogens with two attached hydrogens (primary N) is 2. The highest BCUT2D eigenvalue weighted by Gasteiger charge is 2.18. The molecule has 0 heterocycles. The quantitative estimate of drug-likeness (QED) is 0.740. The van der Waals surface area contributed by atoms with E-state index in [1.165, 1.54) is 14.2 Å². The molecule has 0 spiro atoms. The molecule has 0 aromatic heterocycles. The molecule has 0 aliphatic heterocycles. The van der Waals surface area contributed by atoms with Gasteiger partial charge >= 0.3 is 0 Å². The number of halogens is 1. The summed E-state index contributed by atoms with van der Waals surface area (Å²) in [5.41, 5.74) is 13.1. The third-order valence-electron chi connectivity index (χ3n) is 2.08. The van der Waals surface area contributed by atoms with Crippen molar-refractivity contribution in [2.24, 2.45) is 0 Å². The van der Waals surface area contributed by atoms with E-state index in [4.69, 9.17) is 32.5 Å². The van der Waals surface area contributed by atoms with E-state index in [0.717, 1.165) is 5.56 Å². The fourth-order valence-electron chi connectivity index (χ4n) is 1.30. The minimum Gasteiger partial charge on any atom is -0.494 e. The Bertz CT molecular complexity index is 335. The van der Waals surface area contributed by atoms with E-state index >= 15 is 0 Å². The van der Waals surface area contributed by atoms with Gasteiger partial charge < -0.3 is 20.9 Å². The second kappa shape index (κ2) is 3.84. The van der Waals surface area contributed by atoms with Crippen LogP contribution in [0, 0.1) is 6.92 Å². The molecule has 0 unspecified atom stereocenters. The Morgan fingerprint density at radius 3 is 1.93 bits per heavy atom. The van der Waals surface area contributed by atoms with Gasteiger partial charge in [-0.05, 0) is 6.92 Å². The number of ether oxygens (including phenoxy) is 2. The molecular weight excluding hydrogens is 204 g/mol. The van der Waals surface area contributed by atoms with E-state index in [1.54, 1.807) is 6.92 Å². The Morgan fingerprint density at radius 1 is 1.00 bits per heavy atom. The van der Waals surface area contributed by atoms with Crippen LogP contribution in [0.1, 0.15) is 5.56 Å². The van der Waals surface area contributed by atoms with E-state index in [1.807, 2.05) is 0 Å². The standard InChI is InChI=1S/C9H13ClN2O2/c1-4-6(11)5(10)9(14-3)7(12)8(4)13-2/h11-12H2,1-3H3. The van der Waals surface area contributed by atoms with Crippen molar-refractivity contribution in [2.45, 2.75) is 6.92 Å². The zero-order chi connectivity index (χ0) is 10.9. The Balaban J connectivity index is 3.56. The van der Waals surface area contributed by atoms with Crippen molar-refractivity contribution >= 4 is 23.0 Å². The second-order valence-electron chi connectivity index (χ2n) is 2.83. The molecule has 5 heteroatoms. The van der Waals surface area contributed by atoms with Crippen molar-refractivity contribution < 1.29 is 9.47 Å².